The fourth-order valence-corrected chi connectivity index (χ4v) is 2.44. The van der Waals surface area contributed by atoms with Crippen molar-refractivity contribution in [3.05, 3.63) is 42.2 Å². The van der Waals surface area contributed by atoms with Crippen molar-refractivity contribution in [1.82, 2.24) is 14.3 Å². The second-order valence-electron chi connectivity index (χ2n) is 4.51. The number of carboxylic acids is 1. The van der Waals surface area contributed by atoms with Crippen molar-refractivity contribution in [2.45, 2.75) is 0 Å². The van der Waals surface area contributed by atoms with Crippen molar-refractivity contribution in [2.24, 2.45) is 14.1 Å². The lowest BCUT2D eigenvalue weighted by atomic mass is 10.1. The minimum Gasteiger partial charge on any atom is -0.478 e. The molecule has 0 spiro atoms. The molecule has 1 N–H and O–H groups in total. The van der Waals surface area contributed by atoms with Crippen molar-refractivity contribution in [3.8, 4) is 11.3 Å². The van der Waals surface area contributed by atoms with Crippen LogP contribution in [0.1, 0.15) is 10.4 Å². The van der Waals surface area contributed by atoms with Gasteiger partial charge in [0.25, 0.3) is 0 Å². The predicted molar refractivity (Wildman–Crippen MR) is 72.1 cm³/mol. The van der Waals surface area contributed by atoms with Crippen LogP contribution in [0.3, 0.4) is 0 Å². The molecule has 0 atom stereocenters. The van der Waals surface area contributed by atoms with E-state index >= 15 is 0 Å². The van der Waals surface area contributed by atoms with Crippen molar-refractivity contribution < 1.29 is 9.90 Å². The standard InChI is InChI=1S/C14H13N3O2/c1-16-8-11(9-5-3-4-6-12(9)16)13-10(14(18)19)7-15-17(13)2/h3-8H,1-2H3,(H,18,19). The first-order valence-electron chi connectivity index (χ1n) is 5.89. The van der Waals surface area contributed by atoms with Gasteiger partial charge in [-0.3, -0.25) is 4.68 Å². The van der Waals surface area contributed by atoms with Crippen LogP contribution in [-0.2, 0) is 14.1 Å². The summed E-state index contributed by atoms with van der Waals surface area (Å²) in [5.74, 6) is -0.962. The topological polar surface area (TPSA) is 60.1 Å². The number of hydrogen-bond acceptors (Lipinski definition) is 2. The normalized spacial score (nSPS) is 11.1. The van der Waals surface area contributed by atoms with Crippen LogP contribution in [0.25, 0.3) is 22.2 Å². The first kappa shape index (κ1) is 11.5. The maximum atomic E-state index is 11.3. The molecule has 5 nitrogen and oxygen atoms in total. The Balaban J connectivity index is 2.37. The molecule has 3 aromatic rings. The lowest BCUT2D eigenvalue weighted by molar-refractivity contribution is 0.0697. The molecule has 1 aromatic carbocycles. The molecule has 2 aromatic heterocycles. The molecular weight excluding hydrogens is 242 g/mol. The molecule has 0 fully saturated rings. The highest BCUT2D eigenvalue weighted by molar-refractivity contribution is 6.02. The first-order valence-corrected chi connectivity index (χ1v) is 5.89. The van der Waals surface area contributed by atoms with Crippen LogP contribution in [0.4, 0.5) is 0 Å². The molecule has 96 valence electrons. The molecule has 0 amide bonds. The van der Waals surface area contributed by atoms with Crippen LogP contribution < -0.4 is 0 Å². The van der Waals surface area contributed by atoms with Gasteiger partial charge in [-0.05, 0) is 6.07 Å². The third-order valence-corrected chi connectivity index (χ3v) is 3.32. The van der Waals surface area contributed by atoms with Gasteiger partial charge in [-0.2, -0.15) is 5.10 Å². The summed E-state index contributed by atoms with van der Waals surface area (Å²) in [6.07, 6.45) is 3.33. The maximum Gasteiger partial charge on any atom is 0.339 e. The van der Waals surface area contributed by atoms with Crippen molar-refractivity contribution in [2.75, 3.05) is 0 Å². The molecule has 3 rings (SSSR count). The molecule has 0 bridgehead atoms. The maximum absolute atomic E-state index is 11.3. The van der Waals surface area contributed by atoms with E-state index < -0.39 is 5.97 Å². The third kappa shape index (κ3) is 1.62. The number of benzene rings is 1. The Kier molecular flexibility index (Phi) is 2.41. The van der Waals surface area contributed by atoms with Gasteiger partial charge in [-0.15, -0.1) is 0 Å². The summed E-state index contributed by atoms with van der Waals surface area (Å²) in [6, 6.07) is 7.91. The summed E-state index contributed by atoms with van der Waals surface area (Å²) >= 11 is 0. The SMILES string of the molecule is Cn1ncc(C(=O)O)c1-c1cn(C)c2ccccc12. The van der Waals surface area contributed by atoms with E-state index in [1.807, 2.05) is 42.1 Å². The smallest absolute Gasteiger partial charge is 0.339 e. The third-order valence-electron chi connectivity index (χ3n) is 3.32. The average molecular weight is 255 g/mol. The zero-order valence-electron chi connectivity index (χ0n) is 10.7. The summed E-state index contributed by atoms with van der Waals surface area (Å²) < 4.78 is 3.59. The number of aromatic carboxylic acids is 1. The highest BCUT2D eigenvalue weighted by atomic mass is 16.4. The van der Waals surface area contributed by atoms with E-state index in [0.717, 1.165) is 16.5 Å². The van der Waals surface area contributed by atoms with Gasteiger partial charge in [0.15, 0.2) is 0 Å². The van der Waals surface area contributed by atoms with Gasteiger partial charge in [0, 0.05) is 36.8 Å². The lowest BCUT2D eigenvalue weighted by Crippen LogP contribution is -2.00. The van der Waals surface area contributed by atoms with Gasteiger partial charge < -0.3 is 9.67 Å². The number of hydrogen-bond donors (Lipinski definition) is 1. The minimum absolute atomic E-state index is 0.221. The Morgan fingerprint density at radius 1 is 1.26 bits per heavy atom. The Bertz CT molecular complexity index is 783. The minimum atomic E-state index is -0.962. The number of para-hydroxylation sites is 1. The Hall–Kier alpha value is -2.56. The second-order valence-corrected chi connectivity index (χ2v) is 4.51. The van der Waals surface area contributed by atoms with Crippen molar-refractivity contribution in [1.29, 1.82) is 0 Å². The highest BCUT2D eigenvalue weighted by Crippen LogP contribution is 2.31. The van der Waals surface area contributed by atoms with E-state index in [1.54, 1.807) is 11.7 Å². The van der Waals surface area contributed by atoms with Crippen molar-refractivity contribution in [3.63, 3.8) is 0 Å². The van der Waals surface area contributed by atoms with Gasteiger partial charge in [-0.1, -0.05) is 18.2 Å². The number of aryl methyl sites for hydroxylation is 2. The zero-order valence-corrected chi connectivity index (χ0v) is 10.7. The van der Waals surface area contributed by atoms with Crippen LogP contribution in [-0.4, -0.2) is 25.4 Å². The van der Waals surface area contributed by atoms with Gasteiger partial charge in [0.2, 0.25) is 0 Å². The summed E-state index contributed by atoms with van der Waals surface area (Å²) in [6.45, 7) is 0. The molecule has 0 aliphatic rings. The van der Waals surface area contributed by atoms with Gasteiger partial charge in [-0.25, -0.2) is 4.79 Å². The van der Waals surface area contributed by atoms with Gasteiger partial charge in [0.1, 0.15) is 5.56 Å². The summed E-state index contributed by atoms with van der Waals surface area (Å²) in [4.78, 5) is 11.3. The van der Waals surface area contributed by atoms with E-state index in [2.05, 4.69) is 5.10 Å². The van der Waals surface area contributed by atoms with E-state index in [9.17, 15) is 9.90 Å². The lowest BCUT2D eigenvalue weighted by Gasteiger charge is -2.02. The number of carboxylic acid groups (broad SMARTS) is 1. The second kappa shape index (κ2) is 3.98. The molecule has 2 heterocycles. The summed E-state index contributed by atoms with van der Waals surface area (Å²) in [5.41, 5.74) is 2.80. The fourth-order valence-electron chi connectivity index (χ4n) is 2.44. The fraction of sp³-hybridized carbons (Fsp3) is 0.143. The number of carbonyl (C=O) groups is 1. The molecule has 19 heavy (non-hydrogen) atoms. The largest absolute Gasteiger partial charge is 0.478 e. The molecule has 0 aliphatic carbocycles. The van der Waals surface area contributed by atoms with E-state index in [0.29, 0.717) is 5.69 Å². The summed E-state index contributed by atoms with van der Waals surface area (Å²) in [7, 11) is 3.70. The zero-order chi connectivity index (χ0) is 13.6. The van der Waals surface area contributed by atoms with Crippen LogP contribution in [0, 0.1) is 0 Å². The van der Waals surface area contributed by atoms with Gasteiger partial charge in [0.05, 0.1) is 11.9 Å². The quantitative estimate of drug-likeness (QED) is 0.764. The number of nitrogens with zero attached hydrogens (tertiary/aromatic N) is 3. The van der Waals surface area contributed by atoms with Crippen LogP contribution in [0.2, 0.25) is 0 Å². The Labute approximate surface area is 109 Å². The Morgan fingerprint density at radius 2 is 2.00 bits per heavy atom. The predicted octanol–water partition coefficient (Wildman–Crippen LogP) is 2.28. The molecule has 0 unspecified atom stereocenters. The molecular formula is C14H13N3O2. The molecule has 5 heteroatoms. The number of rotatable bonds is 2. The highest BCUT2D eigenvalue weighted by Gasteiger charge is 2.20. The van der Waals surface area contributed by atoms with Crippen LogP contribution >= 0.6 is 0 Å². The number of aromatic nitrogens is 3. The van der Waals surface area contributed by atoms with E-state index in [-0.39, 0.29) is 5.56 Å². The van der Waals surface area contributed by atoms with Crippen LogP contribution in [0.15, 0.2) is 36.7 Å². The molecule has 0 aliphatic heterocycles. The monoisotopic (exact) mass is 255 g/mol. The van der Waals surface area contributed by atoms with Crippen LogP contribution in [0.5, 0.6) is 0 Å². The molecule has 0 saturated heterocycles. The summed E-state index contributed by atoms with van der Waals surface area (Å²) in [5, 5.41) is 14.3. The molecule has 0 radical (unpaired) electrons. The van der Waals surface area contributed by atoms with Gasteiger partial charge >= 0.3 is 5.97 Å². The van der Waals surface area contributed by atoms with E-state index in [1.165, 1.54) is 6.20 Å². The number of fused-ring (bicyclic) bond motifs is 1. The van der Waals surface area contributed by atoms with Crippen molar-refractivity contribution >= 4 is 16.9 Å². The average Bonchev–Trinajstić information content (AvgIpc) is 2.91. The Morgan fingerprint density at radius 3 is 2.74 bits per heavy atom. The van der Waals surface area contributed by atoms with E-state index in [4.69, 9.17) is 0 Å². The first-order chi connectivity index (χ1) is 9.09. The molecule has 0 saturated carbocycles.